The monoisotopic (exact) mass is 399 g/mol. The zero-order chi connectivity index (χ0) is 21.1. The van der Waals surface area contributed by atoms with Crippen LogP contribution < -0.4 is 10.9 Å². The molecule has 0 saturated carbocycles. The van der Waals surface area contributed by atoms with Crippen LogP contribution in [0.15, 0.2) is 77.6 Å². The minimum atomic E-state index is -0.355. The smallest absolute Gasteiger partial charge is 0.267 e. The molecule has 4 rings (SSSR count). The summed E-state index contributed by atoms with van der Waals surface area (Å²) in [7, 11) is 0. The highest BCUT2D eigenvalue weighted by Gasteiger charge is 2.12. The van der Waals surface area contributed by atoms with Gasteiger partial charge in [0.1, 0.15) is 6.54 Å². The van der Waals surface area contributed by atoms with E-state index in [4.69, 9.17) is 0 Å². The normalized spacial score (nSPS) is 10.7. The van der Waals surface area contributed by atoms with E-state index in [1.165, 1.54) is 6.07 Å². The van der Waals surface area contributed by atoms with E-state index in [0.717, 1.165) is 27.2 Å². The number of carbonyl (C=O) groups excluding carboxylic acids is 1. The molecule has 0 spiro atoms. The molecule has 0 radical (unpaired) electrons. The van der Waals surface area contributed by atoms with Crippen molar-refractivity contribution in [3.8, 4) is 16.9 Å². The molecular weight excluding hydrogens is 378 g/mol. The summed E-state index contributed by atoms with van der Waals surface area (Å²) in [6, 6.07) is 22.3. The predicted octanol–water partition coefficient (Wildman–Crippen LogP) is 3.35. The zero-order valence-corrected chi connectivity index (χ0v) is 16.7. The number of amides is 1. The molecule has 0 unspecified atom stereocenters. The number of benzene rings is 2. The summed E-state index contributed by atoms with van der Waals surface area (Å²) in [6.07, 6.45) is 0. The van der Waals surface area contributed by atoms with Gasteiger partial charge in [-0.05, 0) is 37.6 Å². The highest BCUT2D eigenvalue weighted by Crippen LogP contribution is 2.27. The number of nitrogens with one attached hydrogen (secondary N) is 1. The van der Waals surface area contributed by atoms with Crippen LogP contribution in [0.4, 0.5) is 5.69 Å². The molecule has 1 N–H and O–H groups in total. The van der Waals surface area contributed by atoms with Crippen LogP contribution in [0.1, 0.15) is 11.4 Å². The van der Waals surface area contributed by atoms with Gasteiger partial charge in [0.05, 0.1) is 5.69 Å². The number of aromatic nitrogens is 4. The summed E-state index contributed by atoms with van der Waals surface area (Å²) in [5, 5.41) is 11.6. The Bertz CT molecular complexity index is 1260. The second-order valence-electron chi connectivity index (χ2n) is 6.99. The van der Waals surface area contributed by atoms with Crippen molar-refractivity contribution >= 4 is 11.6 Å². The molecule has 150 valence electrons. The van der Waals surface area contributed by atoms with Gasteiger partial charge in [-0.1, -0.05) is 48.5 Å². The Balaban J connectivity index is 1.58. The first-order chi connectivity index (χ1) is 14.5. The number of aryl methyl sites for hydroxylation is 2. The molecule has 4 aromatic rings. The van der Waals surface area contributed by atoms with Crippen molar-refractivity contribution in [3.05, 3.63) is 94.5 Å². The van der Waals surface area contributed by atoms with Crippen LogP contribution in [0.25, 0.3) is 16.9 Å². The maximum atomic E-state index is 12.7. The van der Waals surface area contributed by atoms with Crippen LogP contribution in [0, 0.1) is 13.8 Å². The summed E-state index contributed by atoms with van der Waals surface area (Å²) < 4.78 is 2.79. The first-order valence-corrected chi connectivity index (χ1v) is 9.57. The molecule has 1 amide bonds. The number of carbonyl (C=O) groups is 1. The standard InChI is InChI=1S/C23H21N5O2/c1-16-14-17(2)28(25-16)21-12-13-23(30)27(26-21)15-22(29)24-20-11-7-6-10-19(20)18-8-4-3-5-9-18/h3-14H,15H2,1-2H3,(H,24,29). The van der Waals surface area contributed by atoms with Gasteiger partial charge in [0.15, 0.2) is 5.82 Å². The third-order valence-corrected chi connectivity index (χ3v) is 4.66. The predicted molar refractivity (Wildman–Crippen MR) is 116 cm³/mol. The summed E-state index contributed by atoms with van der Waals surface area (Å²) in [5.74, 6) is 0.149. The third-order valence-electron chi connectivity index (χ3n) is 4.66. The van der Waals surface area contributed by atoms with E-state index in [1.807, 2.05) is 74.5 Å². The first kappa shape index (κ1) is 19.3. The van der Waals surface area contributed by atoms with Crippen molar-refractivity contribution in [2.45, 2.75) is 20.4 Å². The topological polar surface area (TPSA) is 81.8 Å². The van der Waals surface area contributed by atoms with Gasteiger partial charge >= 0.3 is 0 Å². The quantitative estimate of drug-likeness (QED) is 0.558. The fourth-order valence-electron chi connectivity index (χ4n) is 3.31. The third kappa shape index (κ3) is 4.05. The van der Waals surface area contributed by atoms with Gasteiger partial charge in [0, 0.05) is 23.0 Å². The van der Waals surface area contributed by atoms with Crippen molar-refractivity contribution < 1.29 is 4.79 Å². The van der Waals surface area contributed by atoms with Gasteiger partial charge in [0.25, 0.3) is 5.56 Å². The number of nitrogens with zero attached hydrogens (tertiary/aromatic N) is 4. The Kier molecular flexibility index (Phi) is 5.26. The Labute approximate surface area is 173 Å². The van der Waals surface area contributed by atoms with Crippen LogP contribution in [-0.2, 0) is 11.3 Å². The van der Waals surface area contributed by atoms with E-state index in [0.29, 0.717) is 11.5 Å². The molecule has 2 aromatic heterocycles. The molecule has 0 bridgehead atoms. The number of hydrogen-bond acceptors (Lipinski definition) is 4. The highest BCUT2D eigenvalue weighted by molar-refractivity contribution is 5.95. The molecule has 0 aliphatic rings. The Morgan fingerprint density at radius 1 is 0.933 bits per heavy atom. The van der Waals surface area contributed by atoms with Gasteiger partial charge in [-0.3, -0.25) is 9.59 Å². The fraction of sp³-hybridized carbons (Fsp3) is 0.130. The van der Waals surface area contributed by atoms with Crippen molar-refractivity contribution in [3.63, 3.8) is 0 Å². The first-order valence-electron chi connectivity index (χ1n) is 9.57. The average molecular weight is 399 g/mol. The molecule has 0 aliphatic heterocycles. The van der Waals surface area contributed by atoms with Gasteiger partial charge in [-0.25, -0.2) is 9.36 Å². The van der Waals surface area contributed by atoms with E-state index in [2.05, 4.69) is 15.5 Å². The van der Waals surface area contributed by atoms with E-state index in [1.54, 1.807) is 10.7 Å². The molecule has 7 nitrogen and oxygen atoms in total. The van der Waals surface area contributed by atoms with Crippen LogP contribution in [0.5, 0.6) is 0 Å². The Hall–Kier alpha value is -4.00. The molecule has 0 saturated heterocycles. The van der Waals surface area contributed by atoms with Crippen molar-refractivity contribution in [2.24, 2.45) is 0 Å². The largest absolute Gasteiger partial charge is 0.324 e. The zero-order valence-electron chi connectivity index (χ0n) is 16.7. The summed E-state index contributed by atoms with van der Waals surface area (Å²) in [5.41, 5.74) is 3.97. The number of anilines is 1. The Morgan fingerprint density at radius 2 is 1.67 bits per heavy atom. The van der Waals surface area contributed by atoms with Gasteiger partial charge in [0.2, 0.25) is 5.91 Å². The van der Waals surface area contributed by atoms with Crippen LogP contribution in [0.3, 0.4) is 0 Å². The minimum Gasteiger partial charge on any atom is -0.324 e. The second kappa shape index (κ2) is 8.16. The average Bonchev–Trinajstić information content (AvgIpc) is 3.08. The Morgan fingerprint density at radius 3 is 2.40 bits per heavy atom. The molecule has 30 heavy (non-hydrogen) atoms. The van der Waals surface area contributed by atoms with Crippen molar-refractivity contribution in [1.82, 2.24) is 19.6 Å². The maximum Gasteiger partial charge on any atom is 0.267 e. The lowest BCUT2D eigenvalue weighted by Crippen LogP contribution is -2.30. The van der Waals surface area contributed by atoms with E-state index >= 15 is 0 Å². The molecule has 0 aliphatic carbocycles. The van der Waals surface area contributed by atoms with Gasteiger partial charge < -0.3 is 5.32 Å². The molecule has 0 atom stereocenters. The van der Waals surface area contributed by atoms with Crippen molar-refractivity contribution in [2.75, 3.05) is 5.32 Å². The molecule has 2 heterocycles. The second-order valence-corrected chi connectivity index (χ2v) is 6.99. The van der Waals surface area contributed by atoms with E-state index in [9.17, 15) is 9.59 Å². The van der Waals surface area contributed by atoms with E-state index < -0.39 is 0 Å². The molecule has 2 aromatic carbocycles. The summed E-state index contributed by atoms with van der Waals surface area (Å²) in [4.78, 5) is 25.0. The number of hydrogen-bond donors (Lipinski definition) is 1. The van der Waals surface area contributed by atoms with Gasteiger partial charge in [-0.2, -0.15) is 5.10 Å². The minimum absolute atomic E-state index is 0.199. The SMILES string of the molecule is Cc1cc(C)n(-c2ccc(=O)n(CC(=O)Nc3ccccc3-c3ccccc3)n2)n1. The lowest BCUT2D eigenvalue weighted by atomic mass is 10.0. The molecule has 0 fully saturated rings. The maximum absolute atomic E-state index is 12.7. The number of para-hydroxylation sites is 1. The molecule has 7 heteroatoms. The van der Waals surface area contributed by atoms with Crippen LogP contribution in [0.2, 0.25) is 0 Å². The van der Waals surface area contributed by atoms with Crippen LogP contribution in [-0.4, -0.2) is 25.5 Å². The summed E-state index contributed by atoms with van der Waals surface area (Å²) >= 11 is 0. The summed E-state index contributed by atoms with van der Waals surface area (Å²) in [6.45, 7) is 3.59. The van der Waals surface area contributed by atoms with E-state index in [-0.39, 0.29) is 18.0 Å². The number of rotatable bonds is 5. The lowest BCUT2D eigenvalue weighted by molar-refractivity contribution is -0.117. The highest BCUT2D eigenvalue weighted by atomic mass is 16.2. The van der Waals surface area contributed by atoms with Crippen molar-refractivity contribution in [1.29, 1.82) is 0 Å². The fourth-order valence-corrected chi connectivity index (χ4v) is 3.31. The molecular formula is C23H21N5O2. The lowest BCUT2D eigenvalue weighted by Gasteiger charge is -2.12. The van der Waals surface area contributed by atoms with Crippen LogP contribution >= 0.6 is 0 Å². The van der Waals surface area contributed by atoms with Gasteiger partial charge in [-0.15, -0.1) is 5.10 Å².